The van der Waals surface area contributed by atoms with Crippen LogP contribution in [0, 0.1) is 11.8 Å². The fourth-order valence-corrected chi connectivity index (χ4v) is 2.62. The van der Waals surface area contributed by atoms with Crippen LogP contribution in [-0.4, -0.2) is 20.7 Å². The summed E-state index contributed by atoms with van der Waals surface area (Å²) in [5.41, 5.74) is 1.02. The molecule has 0 aliphatic heterocycles. The zero-order valence-electron chi connectivity index (χ0n) is 11.3. The zero-order chi connectivity index (χ0) is 14.2. The second-order valence-corrected chi connectivity index (χ2v) is 6.16. The highest BCUT2D eigenvalue weighted by molar-refractivity contribution is 7.15. The average molecular weight is 282 g/mol. The fourth-order valence-electron chi connectivity index (χ4n) is 1.82. The minimum absolute atomic E-state index is 0.854. The number of hydrogen-bond acceptors (Lipinski definition) is 3. The summed E-state index contributed by atoms with van der Waals surface area (Å²) in [5.74, 6) is 6.65. The van der Waals surface area contributed by atoms with Crippen LogP contribution in [0.3, 0.4) is 0 Å². The standard InChI is InChI=1S/C16H14N2OS/c1-16(2,19)10-9-11-7-8-14(20-11)15-17-12-5-3-4-6-13(12)18-15/h3-8,19H,1-2H3,(H,17,18). The van der Waals surface area contributed by atoms with E-state index in [2.05, 4.69) is 21.8 Å². The molecule has 3 aromatic rings. The third kappa shape index (κ3) is 2.74. The Morgan fingerprint density at radius 3 is 2.75 bits per heavy atom. The van der Waals surface area contributed by atoms with E-state index in [1.165, 1.54) is 0 Å². The van der Waals surface area contributed by atoms with Crippen LogP contribution in [-0.2, 0) is 0 Å². The smallest absolute Gasteiger partial charge is 0.148 e. The van der Waals surface area contributed by atoms with Gasteiger partial charge in [0.2, 0.25) is 0 Å². The van der Waals surface area contributed by atoms with E-state index in [0.717, 1.165) is 26.6 Å². The number of nitrogens with one attached hydrogen (secondary N) is 1. The molecule has 0 amide bonds. The molecule has 0 atom stereocenters. The van der Waals surface area contributed by atoms with Crippen molar-refractivity contribution in [1.82, 2.24) is 9.97 Å². The highest BCUT2D eigenvalue weighted by atomic mass is 32.1. The van der Waals surface area contributed by atoms with Crippen molar-refractivity contribution >= 4 is 22.4 Å². The molecule has 2 aromatic heterocycles. The molecule has 2 heterocycles. The number of nitrogens with zero attached hydrogens (tertiary/aromatic N) is 1. The molecule has 1 aromatic carbocycles. The first-order valence-corrected chi connectivity index (χ1v) is 7.13. The van der Waals surface area contributed by atoms with Crippen LogP contribution in [0.25, 0.3) is 21.7 Å². The molecule has 100 valence electrons. The normalized spacial score (nSPS) is 11.3. The van der Waals surface area contributed by atoms with E-state index in [1.54, 1.807) is 25.2 Å². The highest BCUT2D eigenvalue weighted by Crippen LogP contribution is 2.27. The summed E-state index contributed by atoms with van der Waals surface area (Å²) in [4.78, 5) is 9.82. The van der Waals surface area contributed by atoms with Crippen molar-refractivity contribution in [3.05, 3.63) is 41.3 Å². The summed E-state index contributed by atoms with van der Waals surface area (Å²) >= 11 is 1.56. The van der Waals surface area contributed by atoms with Crippen LogP contribution in [0.15, 0.2) is 36.4 Å². The summed E-state index contributed by atoms with van der Waals surface area (Å²) in [6, 6.07) is 11.9. The fraction of sp³-hybridized carbons (Fsp3) is 0.188. The van der Waals surface area contributed by atoms with Crippen LogP contribution >= 0.6 is 11.3 Å². The lowest BCUT2D eigenvalue weighted by molar-refractivity contribution is 0.143. The summed E-state index contributed by atoms with van der Waals surface area (Å²) in [6.45, 7) is 3.35. The minimum atomic E-state index is -0.969. The van der Waals surface area contributed by atoms with E-state index < -0.39 is 5.60 Å². The number of aromatic nitrogens is 2. The van der Waals surface area contributed by atoms with E-state index >= 15 is 0 Å². The third-order valence-corrected chi connectivity index (χ3v) is 3.73. The number of benzene rings is 1. The van der Waals surface area contributed by atoms with Gasteiger partial charge in [-0.3, -0.25) is 0 Å². The summed E-state index contributed by atoms with van der Waals surface area (Å²) in [5, 5.41) is 9.61. The Hall–Kier alpha value is -2.09. The molecule has 0 radical (unpaired) electrons. The van der Waals surface area contributed by atoms with Crippen molar-refractivity contribution in [2.45, 2.75) is 19.4 Å². The third-order valence-electron chi connectivity index (χ3n) is 2.72. The SMILES string of the molecule is CC(C)(O)C#Cc1ccc(-c2nc3ccccc3[nH]2)s1. The van der Waals surface area contributed by atoms with E-state index in [9.17, 15) is 5.11 Å². The molecule has 3 nitrogen and oxygen atoms in total. The Labute approximate surface area is 121 Å². The quantitative estimate of drug-likeness (QED) is 0.672. The second-order valence-electron chi connectivity index (χ2n) is 5.08. The van der Waals surface area contributed by atoms with Crippen LogP contribution in [0.2, 0.25) is 0 Å². The Morgan fingerprint density at radius 1 is 1.20 bits per heavy atom. The van der Waals surface area contributed by atoms with Gasteiger partial charge in [-0.1, -0.05) is 24.0 Å². The number of aromatic amines is 1. The largest absolute Gasteiger partial charge is 0.378 e. The molecule has 0 aliphatic carbocycles. The molecule has 0 spiro atoms. The van der Waals surface area contributed by atoms with Crippen LogP contribution in [0.4, 0.5) is 0 Å². The van der Waals surface area contributed by atoms with Crippen molar-refractivity contribution in [2.75, 3.05) is 0 Å². The molecule has 3 rings (SSSR count). The molecule has 0 saturated carbocycles. The molecule has 20 heavy (non-hydrogen) atoms. The van der Waals surface area contributed by atoms with E-state index in [1.807, 2.05) is 36.4 Å². The van der Waals surface area contributed by atoms with Gasteiger partial charge in [-0.05, 0) is 38.1 Å². The van der Waals surface area contributed by atoms with E-state index in [0.29, 0.717) is 0 Å². The maximum Gasteiger partial charge on any atom is 0.148 e. The number of aliphatic hydroxyl groups is 1. The molecular formula is C16H14N2OS. The molecule has 4 heteroatoms. The number of thiophene rings is 1. The first-order chi connectivity index (χ1) is 9.51. The molecule has 0 saturated heterocycles. The Bertz CT molecular complexity index is 779. The lowest BCUT2D eigenvalue weighted by Gasteiger charge is -2.05. The maximum atomic E-state index is 9.61. The van der Waals surface area contributed by atoms with Gasteiger partial charge in [0, 0.05) is 0 Å². The summed E-state index contributed by atoms with van der Waals surface area (Å²) in [6.07, 6.45) is 0. The first kappa shape index (κ1) is 12.9. The average Bonchev–Trinajstić information content (AvgIpc) is 3.01. The van der Waals surface area contributed by atoms with Gasteiger partial charge in [0.15, 0.2) is 0 Å². The summed E-state index contributed by atoms with van der Waals surface area (Å²) in [7, 11) is 0. The molecular weight excluding hydrogens is 268 g/mol. The second kappa shape index (κ2) is 4.78. The van der Waals surface area contributed by atoms with E-state index in [4.69, 9.17) is 0 Å². The molecule has 2 N–H and O–H groups in total. The van der Waals surface area contributed by atoms with Crippen molar-refractivity contribution in [3.8, 4) is 22.5 Å². The topological polar surface area (TPSA) is 48.9 Å². The first-order valence-electron chi connectivity index (χ1n) is 6.32. The number of imidazole rings is 1. The highest BCUT2D eigenvalue weighted by Gasteiger charge is 2.09. The lowest BCUT2D eigenvalue weighted by Crippen LogP contribution is -2.14. The number of H-pyrrole nitrogens is 1. The molecule has 0 fully saturated rings. The van der Waals surface area contributed by atoms with Gasteiger partial charge >= 0.3 is 0 Å². The van der Waals surface area contributed by atoms with Crippen LogP contribution < -0.4 is 0 Å². The maximum absolute atomic E-state index is 9.61. The number of hydrogen-bond donors (Lipinski definition) is 2. The number of para-hydroxylation sites is 2. The van der Waals surface area contributed by atoms with Crippen molar-refractivity contribution in [1.29, 1.82) is 0 Å². The van der Waals surface area contributed by atoms with Gasteiger partial charge in [0.05, 0.1) is 20.8 Å². The molecule has 0 aliphatic rings. The van der Waals surface area contributed by atoms with Gasteiger partial charge < -0.3 is 10.1 Å². The van der Waals surface area contributed by atoms with Crippen molar-refractivity contribution in [3.63, 3.8) is 0 Å². The molecule has 0 unspecified atom stereocenters. The van der Waals surface area contributed by atoms with Crippen molar-refractivity contribution < 1.29 is 5.11 Å². The van der Waals surface area contributed by atoms with Gasteiger partial charge in [0.1, 0.15) is 11.4 Å². The molecule has 0 bridgehead atoms. The Balaban J connectivity index is 1.95. The van der Waals surface area contributed by atoms with Crippen LogP contribution in [0.5, 0.6) is 0 Å². The van der Waals surface area contributed by atoms with Gasteiger partial charge in [0.25, 0.3) is 0 Å². The van der Waals surface area contributed by atoms with E-state index in [-0.39, 0.29) is 0 Å². The predicted octanol–water partition coefficient (Wildman–Crippen LogP) is 3.41. The summed E-state index contributed by atoms with van der Waals surface area (Å²) < 4.78 is 0. The lowest BCUT2D eigenvalue weighted by atomic mass is 10.1. The Morgan fingerprint density at radius 2 is 2.00 bits per heavy atom. The zero-order valence-corrected chi connectivity index (χ0v) is 12.1. The Kier molecular flexibility index (Phi) is 3.09. The minimum Gasteiger partial charge on any atom is -0.378 e. The van der Waals surface area contributed by atoms with Crippen molar-refractivity contribution in [2.24, 2.45) is 0 Å². The number of fused-ring (bicyclic) bond motifs is 1. The van der Waals surface area contributed by atoms with Crippen LogP contribution in [0.1, 0.15) is 18.7 Å². The monoisotopic (exact) mass is 282 g/mol. The van der Waals surface area contributed by atoms with Gasteiger partial charge in [-0.25, -0.2) is 4.98 Å². The number of rotatable bonds is 1. The van der Waals surface area contributed by atoms with Gasteiger partial charge in [-0.15, -0.1) is 11.3 Å². The predicted molar refractivity (Wildman–Crippen MR) is 82.6 cm³/mol. The van der Waals surface area contributed by atoms with Gasteiger partial charge in [-0.2, -0.15) is 0 Å².